The molecular formula is C15H27N3OS. The first-order chi connectivity index (χ1) is 9.24. The van der Waals surface area contributed by atoms with E-state index >= 15 is 0 Å². The second kappa shape index (κ2) is 5.62. The van der Waals surface area contributed by atoms with Gasteiger partial charge >= 0.3 is 0 Å². The third kappa shape index (κ3) is 3.00. The summed E-state index contributed by atoms with van der Waals surface area (Å²) in [6, 6.07) is 1.05. The quantitative estimate of drug-likeness (QED) is 0.910. The summed E-state index contributed by atoms with van der Waals surface area (Å²) in [5.74, 6) is 0. The lowest BCUT2D eigenvalue weighted by molar-refractivity contribution is 0.170. The van der Waals surface area contributed by atoms with Crippen LogP contribution in [0.4, 0.5) is 5.13 Å². The maximum Gasteiger partial charge on any atom is 0.185 e. The van der Waals surface area contributed by atoms with Crippen LogP contribution in [0.5, 0.6) is 0 Å². The molecular weight excluding hydrogens is 270 g/mol. The van der Waals surface area contributed by atoms with Crippen molar-refractivity contribution in [3.05, 3.63) is 10.6 Å². The molecule has 2 unspecified atom stereocenters. The van der Waals surface area contributed by atoms with Crippen LogP contribution in [0.15, 0.2) is 0 Å². The number of likely N-dealkylation sites (N-methyl/N-ethyl adjacent to an activating group) is 1. The molecule has 1 saturated heterocycles. The Morgan fingerprint density at radius 1 is 1.25 bits per heavy atom. The molecule has 2 atom stereocenters. The van der Waals surface area contributed by atoms with E-state index in [9.17, 15) is 5.11 Å². The van der Waals surface area contributed by atoms with Gasteiger partial charge in [-0.05, 0) is 20.9 Å². The Labute approximate surface area is 126 Å². The third-order valence-electron chi connectivity index (χ3n) is 4.17. The minimum Gasteiger partial charge on any atom is -0.391 e. The van der Waals surface area contributed by atoms with E-state index in [4.69, 9.17) is 4.98 Å². The minimum atomic E-state index is -0.0172. The van der Waals surface area contributed by atoms with Gasteiger partial charge in [-0.1, -0.05) is 32.1 Å². The Hall–Kier alpha value is -0.650. The van der Waals surface area contributed by atoms with Crippen molar-refractivity contribution < 1.29 is 5.11 Å². The van der Waals surface area contributed by atoms with Crippen molar-refractivity contribution in [1.82, 2.24) is 9.88 Å². The summed E-state index contributed by atoms with van der Waals surface area (Å²) in [6.07, 6.45) is 0. The van der Waals surface area contributed by atoms with Gasteiger partial charge in [0.25, 0.3) is 0 Å². The Morgan fingerprint density at radius 2 is 1.80 bits per heavy atom. The van der Waals surface area contributed by atoms with Crippen LogP contribution in [0.2, 0.25) is 0 Å². The van der Waals surface area contributed by atoms with Crippen LogP contribution in [0.1, 0.15) is 45.2 Å². The highest BCUT2D eigenvalue weighted by Crippen LogP contribution is 2.35. The summed E-state index contributed by atoms with van der Waals surface area (Å²) in [5, 5.41) is 10.6. The molecule has 2 heterocycles. The van der Waals surface area contributed by atoms with Gasteiger partial charge in [-0.25, -0.2) is 4.98 Å². The van der Waals surface area contributed by atoms with E-state index in [2.05, 4.69) is 51.5 Å². The zero-order valence-corrected chi connectivity index (χ0v) is 14.3. The second-order valence-corrected chi connectivity index (χ2v) is 8.01. The number of aliphatic hydroxyl groups is 1. The smallest absolute Gasteiger partial charge is 0.185 e. The van der Waals surface area contributed by atoms with Crippen LogP contribution in [-0.2, 0) is 12.0 Å². The molecule has 1 aromatic rings. The molecule has 0 saturated carbocycles. The minimum absolute atomic E-state index is 0.0172. The van der Waals surface area contributed by atoms with E-state index in [1.54, 1.807) is 11.3 Å². The van der Waals surface area contributed by atoms with E-state index in [0.29, 0.717) is 12.1 Å². The number of aromatic nitrogens is 1. The molecule has 0 aromatic carbocycles. The average Bonchev–Trinajstić information content (AvgIpc) is 2.79. The highest BCUT2D eigenvalue weighted by atomic mass is 32.1. The zero-order valence-electron chi connectivity index (χ0n) is 13.5. The predicted octanol–water partition coefficient (Wildman–Crippen LogP) is 2.46. The summed E-state index contributed by atoms with van der Waals surface area (Å²) in [7, 11) is 2.19. The molecule has 1 aromatic heterocycles. The highest BCUT2D eigenvalue weighted by Gasteiger charge is 2.30. The summed E-state index contributed by atoms with van der Waals surface area (Å²) in [6.45, 7) is 13.1. The van der Waals surface area contributed by atoms with Gasteiger partial charge in [0.15, 0.2) is 5.13 Å². The Kier molecular flexibility index (Phi) is 4.42. The van der Waals surface area contributed by atoms with Crippen molar-refractivity contribution in [2.24, 2.45) is 0 Å². The fourth-order valence-corrected chi connectivity index (χ4v) is 3.88. The monoisotopic (exact) mass is 297 g/mol. The maximum absolute atomic E-state index is 9.58. The van der Waals surface area contributed by atoms with Gasteiger partial charge in [0, 0.05) is 30.6 Å². The molecule has 0 bridgehead atoms. The van der Waals surface area contributed by atoms with Gasteiger partial charge < -0.3 is 10.0 Å². The number of anilines is 1. The van der Waals surface area contributed by atoms with Crippen molar-refractivity contribution in [1.29, 1.82) is 0 Å². The molecule has 1 aliphatic heterocycles. The van der Waals surface area contributed by atoms with E-state index in [-0.39, 0.29) is 12.0 Å². The van der Waals surface area contributed by atoms with Crippen LogP contribution in [0.25, 0.3) is 0 Å². The summed E-state index contributed by atoms with van der Waals surface area (Å²) < 4.78 is 0. The maximum atomic E-state index is 9.58. The first kappa shape index (κ1) is 15.7. The fourth-order valence-electron chi connectivity index (χ4n) is 2.73. The van der Waals surface area contributed by atoms with Gasteiger partial charge in [0.2, 0.25) is 0 Å². The molecule has 0 amide bonds. The number of aliphatic hydroxyl groups excluding tert-OH is 1. The lowest BCUT2D eigenvalue weighted by Gasteiger charge is -2.42. The molecule has 20 heavy (non-hydrogen) atoms. The van der Waals surface area contributed by atoms with Gasteiger partial charge in [0.1, 0.15) is 0 Å². The molecule has 114 valence electrons. The van der Waals surface area contributed by atoms with Crippen LogP contribution in [0.3, 0.4) is 0 Å². The largest absolute Gasteiger partial charge is 0.391 e. The molecule has 1 N–H and O–H groups in total. The molecule has 1 fully saturated rings. The molecule has 5 heteroatoms. The molecule has 4 nitrogen and oxygen atoms in total. The van der Waals surface area contributed by atoms with E-state index in [1.165, 1.54) is 0 Å². The van der Waals surface area contributed by atoms with Crippen molar-refractivity contribution in [2.45, 2.75) is 58.7 Å². The highest BCUT2D eigenvalue weighted by molar-refractivity contribution is 7.15. The topological polar surface area (TPSA) is 39.6 Å². The Balaban J connectivity index is 2.28. The molecule has 0 aliphatic carbocycles. The fraction of sp³-hybridized carbons (Fsp3) is 0.800. The third-order valence-corrected chi connectivity index (χ3v) is 5.27. The van der Waals surface area contributed by atoms with E-state index in [1.807, 2.05) is 0 Å². The number of hydrogen-bond acceptors (Lipinski definition) is 5. The van der Waals surface area contributed by atoms with Gasteiger partial charge in [-0.2, -0.15) is 0 Å². The number of piperazine rings is 1. The predicted molar refractivity (Wildman–Crippen MR) is 85.6 cm³/mol. The van der Waals surface area contributed by atoms with Crippen molar-refractivity contribution in [3.8, 4) is 0 Å². The van der Waals surface area contributed by atoms with Gasteiger partial charge in [-0.15, -0.1) is 0 Å². The van der Waals surface area contributed by atoms with Crippen LogP contribution in [-0.4, -0.2) is 47.2 Å². The molecule has 2 rings (SSSR count). The summed E-state index contributed by atoms with van der Waals surface area (Å²) in [5.41, 5.74) is 1.02. The SMILES string of the molecule is CC1CN(c2nc(C(C)(C)C)c(CO)s2)CC(C)N1C. The number of nitrogens with zero attached hydrogens (tertiary/aromatic N) is 3. The summed E-state index contributed by atoms with van der Waals surface area (Å²) in [4.78, 5) is 10.6. The Morgan fingerprint density at radius 3 is 2.20 bits per heavy atom. The van der Waals surface area contributed by atoms with E-state index in [0.717, 1.165) is 28.8 Å². The van der Waals surface area contributed by atoms with Gasteiger partial charge in [-0.3, -0.25) is 4.90 Å². The standard InChI is InChI=1S/C15H27N3OS/c1-10-7-18(8-11(2)17(10)6)14-16-13(15(3,4)5)12(9-19)20-14/h10-11,19H,7-9H2,1-6H3. The van der Waals surface area contributed by atoms with Crippen molar-refractivity contribution in [2.75, 3.05) is 25.0 Å². The van der Waals surface area contributed by atoms with Crippen LogP contribution >= 0.6 is 11.3 Å². The molecule has 0 spiro atoms. The molecule has 0 radical (unpaired) electrons. The number of hydrogen-bond donors (Lipinski definition) is 1. The first-order valence-corrected chi connectivity index (χ1v) is 8.13. The number of rotatable bonds is 2. The Bertz CT molecular complexity index is 454. The first-order valence-electron chi connectivity index (χ1n) is 7.32. The lowest BCUT2D eigenvalue weighted by Crippen LogP contribution is -2.55. The lowest BCUT2D eigenvalue weighted by atomic mass is 9.91. The summed E-state index contributed by atoms with van der Waals surface area (Å²) >= 11 is 1.64. The zero-order chi connectivity index (χ0) is 15.1. The van der Waals surface area contributed by atoms with Gasteiger partial charge in [0.05, 0.1) is 17.2 Å². The molecule has 1 aliphatic rings. The number of thiazole rings is 1. The average molecular weight is 297 g/mol. The van der Waals surface area contributed by atoms with Crippen molar-refractivity contribution in [3.63, 3.8) is 0 Å². The second-order valence-electron chi connectivity index (χ2n) is 6.94. The van der Waals surface area contributed by atoms with E-state index < -0.39 is 0 Å². The van der Waals surface area contributed by atoms with Crippen molar-refractivity contribution >= 4 is 16.5 Å². The normalized spacial score (nSPS) is 25.2. The van der Waals surface area contributed by atoms with Crippen LogP contribution in [0, 0.1) is 0 Å². The van der Waals surface area contributed by atoms with Crippen LogP contribution < -0.4 is 4.90 Å².